The molecule has 0 saturated carbocycles. The molecule has 1 amide bonds. The highest BCUT2D eigenvalue weighted by Gasteiger charge is 2.63. The smallest absolute Gasteiger partial charge is 0.255 e. The Morgan fingerprint density at radius 3 is 2.49 bits per heavy atom. The van der Waals surface area contributed by atoms with Crippen LogP contribution in [0.2, 0.25) is 0 Å². The number of phenols is 1. The molecule has 6 N–H and O–H groups in total. The van der Waals surface area contributed by atoms with Crippen molar-refractivity contribution in [3.63, 3.8) is 0 Å². The fraction of sp³-hybridized carbons (Fsp3) is 0.414. The van der Waals surface area contributed by atoms with Crippen molar-refractivity contribution >= 4 is 28.2 Å². The van der Waals surface area contributed by atoms with Gasteiger partial charge in [0.15, 0.2) is 11.4 Å². The van der Waals surface area contributed by atoms with E-state index >= 15 is 0 Å². The van der Waals surface area contributed by atoms with Gasteiger partial charge in [-0.25, -0.2) is 0 Å². The molecule has 6 rings (SSSR count). The summed E-state index contributed by atoms with van der Waals surface area (Å²) in [7, 11) is 3.22. The average Bonchev–Trinajstić information content (AvgIpc) is 2.83. The van der Waals surface area contributed by atoms with Crippen LogP contribution in [-0.4, -0.2) is 86.5 Å². The van der Waals surface area contributed by atoms with Gasteiger partial charge in [-0.1, -0.05) is 18.2 Å². The van der Waals surface area contributed by atoms with E-state index in [1.54, 1.807) is 25.1 Å². The number of benzene rings is 2. The molecule has 1 aliphatic heterocycles. The molecule has 4 atom stereocenters. The average molecular weight is 534 g/mol. The number of Topliss-reactive ketones (excluding diaryl/α,β-unsaturated/α-hetero) is 2. The van der Waals surface area contributed by atoms with Crippen LogP contribution in [0.5, 0.6) is 5.75 Å². The van der Waals surface area contributed by atoms with E-state index < -0.39 is 58.0 Å². The summed E-state index contributed by atoms with van der Waals surface area (Å²) >= 11 is 0. The summed E-state index contributed by atoms with van der Waals surface area (Å²) < 4.78 is 0. The van der Waals surface area contributed by atoms with Gasteiger partial charge < -0.3 is 26.2 Å². The van der Waals surface area contributed by atoms with Crippen LogP contribution in [0.4, 0.5) is 0 Å². The number of amides is 1. The molecule has 1 fully saturated rings. The Balaban J connectivity index is 1.52. The summed E-state index contributed by atoms with van der Waals surface area (Å²) in [6.07, 6.45) is 1.49. The molecule has 10 heteroatoms. The largest absolute Gasteiger partial charge is 0.510 e. The summed E-state index contributed by atoms with van der Waals surface area (Å²) in [6.45, 7) is 2.75. The number of phenolic OH excluding ortho intramolecular Hbond substituents is 1. The molecule has 10 nitrogen and oxygen atoms in total. The first kappa shape index (κ1) is 25.5. The van der Waals surface area contributed by atoms with Gasteiger partial charge >= 0.3 is 0 Å². The molecule has 0 spiro atoms. The summed E-state index contributed by atoms with van der Waals surface area (Å²) in [5, 5.41) is 46.7. The summed E-state index contributed by atoms with van der Waals surface area (Å²) in [4.78, 5) is 43.2. The second-order valence-corrected chi connectivity index (χ2v) is 11.4. The number of ketones is 2. The lowest BCUT2D eigenvalue weighted by Gasteiger charge is -2.50. The number of allylic oxidation sites excluding steroid dienone is 1. The summed E-state index contributed by atoms with van der Waals surface area (Å²) in [5.41, 5.74) is 3.47. The first-order valence-corrected chi connectivity index (χ1v) is 13.1. The lowest BCUT2D eigenvalue weighted by atomic mass is 9.58. The van der Waals surface area contributed by atoms with E-state index in [9.17, 15) is 34.8 Å². The lowest BCUT2D eigenvalue weighted by Crippen LogP contribution is -2.63. The Morgan fingerprint density at radius 1 is 1.15 bits per heavy atom. The maximum absolute atomic E-state index is 13.9. The summed E-state index contributed by atoms with van der Waals surface area (Å²) in [6, 6.07) is 6.49. The van der Waals surface area contributed by atoms with E-state index in [-0.39, 0.29) is 29.7 Å². The monoisotopic (exact) mass is 533 g/mol. The van der Waals surface area contributed by atoms with Crippen molar-refractivity contribution in [2.24, 2.45) is 17.6 Å². The number of aliphatic hydroxyl groups is 3. The first-order chi connectivity index (χ1) is 18.5. The molecular weight excluding hydrogens is 502 g/mol. The zero-order chi connectivity index (χ0) is 28.0. The maximum Gasteiger partial charge on any atom is 0.255 e. The van der Waals surface area contributed by atoms with Crippen molar-refractivity contribution in [2.75, 3.05) is 27.2 Å². The van der Waals surface area contributed by atoms with Crippen LogP contribution < -0.4 is 5.73 Å². The third-order valence-corrected chi connectivity index (χ3v) is 9.00. The number of primary amides is 1. The molecule has 0 unspecified atom stereocenters. The standard InChI is InChI=1S/C29H31N3O7/c1-31(2)22-18-11-15-9-14-10-17-13(12-32-7-4-8-32)5-3-6-16(17)23(33)19(14)24(34)20(15)26(36)29(18,39)27(37)21(25(22)35)28(30)38/h3,5-6,10,15,18,22,33,35-36,39H,4,7-9,11-12H2,1-2H3,(H2,30,38)/t15-,18-,22-,29-/m0/s1. The number of aliphatic hydroxyl groups excluding tert-OH is 2. The van der Waals surface area contributed by atoms with Crippen molar-refractivity contribution in [3.05, 3.63) is 63.6 Å². The molecule has 204 valence electrons. The molecule has 3 aliphatic carbocycles. The molecular formula is C29H31N3O7. The quantitative estimate of drug-likeness (QED) is 0.366. The molecule has 1 saturated heterocycles. The third kappa shape index (κ3) is 3.41. The van der Waals surface area contributed by atoms with Crippen LogP contribution in [0.15, 0.2) is 46.9 Å². The molecule has 4 aliphatic rings. The Kier molecular flexibility index (Phi) is 5.66. The van der Waals surface area contributed by atoms with Gasteiger partial charge in [0.1, 0.15) is 22.8 Å². The van der Waals surface area contributed by atoms with Gasteiger partial charge in [-0.3, -0.25) is 24.2 Å². The number of carbonyl (C=O) groups is 3. The molecule has 2 aromatic carbocycles. The first-order valence-electron chi connectivity index (χ1n) is 13.1. The number of hydrogen-bond donors (Lipinski definition) is 5. The number of nitrogens with zero attached hydrogens (tertiary/aromatic N) is 2. The minimum absolute atomic E-state index is 0.0318. The van der Waals surface area contributed by atoms with Gasteiger partial charge in [-0.15, -0.1) is 0 Å². The van der Waals surface area contributed by atoms with Gasteiger partial charge in [0.2, 0.25) is 5.78 Å². The lowest BCUT2D eigenvalue weighted by molar-refractivity contribution is -0.148. The predicted molar refractivity (Wildman–Crippen MR) is 141 cm³/mol. The zero-order valence-electron chi connectivity index (χ0n) is 21.8. The number of fused-ring (bicyclic) bond motifs is 4. The predicted octanol–water partition coefficient (Wildman–Crippen LogP) is 1.48. The van der Waals surface area contributed by atoms with Crippen LogP contribution >= 0.6 is 0 Å². The molecule has 0 aromatic heterocycles. The van der Waals surface area contributed by atoms with Crippen LogP contribution in [-0.2, 0) is 22.6 Å². The number of nitrogens with two attached hydrogens (primary N) is 1. The topological polar surface area (TPSA) is 165 Å². The van der Waals surface area contributed by atoms with E-state index in [1.165, 1.54) is 0 Å². The Morgan fingerprint density at radius 2 is 1.87 bits per heavy atom. The van der Waals surface area contributed by atoms with E-state index in [0.717, 1.165) is 37.0 Å². The van der Waals surface area contributed by atoms with Gasteiger partial charge in [0, 0.05) is 23.4 Å². The van der Waals surface area contributed by atoms with Gasteiger partial charge in [-0.05, 0) is 74.9 Å². The molecule has 1 heterocycles. The summed E-state index contributed by atoms with van der Waals surface area (Å²) in [5.74, 6) is -6.42. The molecule has 39 heavy (non-hydrogen) atoms. The van der Waals surface area contributed by atoms with E-state index in [2.05, 4.69) is 4.90 Å². The van der Waals surface area contributed by atoms with Crippen LogP contribution in [0, 0.1) is 11.8 Å². The van der Waals surface area contributed by atoms with Crippen molar-refractivity contribution in [3.8, 4) is 5.75 Å². The highest BCUT2D eigenvalue weighted by atomic mass is 16.3. The highest BCUT2D eigenvalue weighted by molar-refractivity contribution is 6.25. The van der Waals surface area contributed by atoms with Gasteiger partial charge in [-0.2, -0.15) is 0 Å². The Labute approximate surface area is 224 Å². The number of aromatic hydroxyl groups is 1. The number of carbonyl (C=O) groups excluding carboxylic acids is 3. The maximum atomic E-state index is 13.9. The van der Waals surface area contributed by atoms with E-state index in [0.29, 0.717) is 10.9 Å². The normalized spacial score (nSPS) is 28.9. The fourth-order valence-electron chi connectivity index (χ4n) is 7.02. The van der Waals surface area contributed by atoms with Crippen LogP contribution in [0.25, 0.3) is 10.8 Å². The van der Waals surface area contributed by atoms with Crippen LogP contribution in [0.1, 0.15) is 34.3 Å². The number of rotatable bonds is 4. The minimum atomic E-state index is -2.64. The van der Waals surface area contributed by atoms with E-state index in [1.807, 2.05) is 18.2 Å². The Hall–Kier alpha value is -3.73. The minimum Gasteiger partial charge on any atom is -0.510 e. The van der Waals surface area contributed by atoms with Crippen molar-refractivity contribution in [1.29, 1.82) is 0 Å². The SMILES string of the molecule is CN(C)[C@@H]1C(O)=C(C(N)=O)C(=O)[C@@]2(O)C(O)=C3C(=O)c4c(cc5c(CN6CCC6)cccc5c4O)C[C@H]3C[C@@H]12. The molecule has 0 radical (unpaired) electrons. The van der Waals surface area contributed by atoms with Gasteiger partial charge in [0.25, 0.3) is 5.91 Å². The zero-order valence-corrected chi connectivity index (χ0v) is 21.8. The molecule has 0 bridgehead atoms. The van der Waals surface area contributed by atoms with Crippen molar-refractivity contribution in [1.82, 2.24) is 9.80 Å². The number of likely N-dealkylation sites (tertiary alicyclic amines) is 1. The highest BCUT2D eigenvalue weighted by Crippen LogP contribution is 2.52. The van der Waals surface area contributed by atoms with Crippen LogP contribution in [0.3, 0.4) is 0 Å². The second-order valence-electron chi connectivity index (χ2n) is 11.4. The second kappa shape index (κ2) is 8.64. The van der Waals surface area contributed by atoms with Crippen molar-refractivity contribution < 1.29 is 34.8 Å². The number of hydrogen-bond acceptors (Lipinski definition) is 9. The van der Waals surface area contributed by atoms with Crippen molar-refractivity contribution in [2.45, 2.75) is 37.5 Å². The Bertz CT molecular complexity index is 1540. The number of likely N-dealkylation sites (N-methyl/N-ethyl adjacent to an activating group) is 1. The fourth-order valence-corrected chi connectivity index (χ4v) is 7.02. The molecule has 2 aromatic rings. The van der Waals surface area contributed by atoms with E-state index in [4.69, 9.17) is 5.73 Å². The van der Waals surface area contributed by atoms with Gasteiger partial charge in [0.05, 0.1) is 11.6 Å². The third-order valence-electron chi connectivity index (χ3n) is 9.00.